The maximum Gasteiger partial charge on any atom is 0.413 e. The maximum atomic E-state index is 15.3. The molecule has 3 aromatic rings. The summed E-state index contributed by atoms with van der Waals surface area (Å²) in [6.45, 7) is 6.89. The van der Waals surface area contributed by atoms with Gasteiger partial charge in [-0.15, -0.1) is 0 Å². The number of Topliss-reactive ketones (excluding diaryl/α,β-unsaturated/α-hetero) is 1. The van der Waals surface area contributed by atoms with Crippen LogP contribution in [-0.4, -0.2) is 49.9 Å². The normalized spacial score (nSPS) is 16.9. The summed E-state index contributed by atoms with van der Waals surface area (Å²) in [6, 6.07) is 4.32. The third-order valence-electron chi connectivity index (χ3n) is 5.62. The van der Waals surface area contributed by atoms with Crippen molar-refractivity contribution in [3.8, 4) is 5.88 Å². The van der Waals surface area contributed by atoms with E-state index in [-0.39, 0.29) is 57.9 Å². The third-order valence-corrected chi connectivity index (χ3v) is 6.36. The second kappa shape index (κ2) is 10.3. The van der Waals surface area contributed by atoms with Crippen molar-refractivity contribution < 1.29 is 23.5 Å². The predicted octanol–water partition coefficient (Wildman–Crippen LogP) is 4.75. The number of carbonyl (C=O) groups is 2. The second-order valence-corrected chi connectivity index (χ2v) is 10.5. The lowest BCUT2D eigenvalue weighted by Gasteiger charge is -2.33. The number of alkyl carbamates (subject to hydrolysis) is 1. The van der Waals surface area contributed by atoms with Gasteiger partial charge in [-0.25, -0.2) is 24.1 Å². The number of carbonyl (C=O) groups excluding carboxylic acids is 2. The van der Waals surface area contributed by atoms with E-state index in [4.69, 9.17) is 32.7 Å². The van der Waals surface area contributed by atoms with Gasteiger partial charge in [-0.2, -0.15) is 0 Å². The lowest BCUT2D eigenvalue weighted by Crippen LogP contribution is -2.44. The molecule has 38 heavy (non-hydrogen) atoms. The molecule has 1 aliphatic rings. The van der Waals surface area contributed by atoms with Gasteiger partial charge in [0.05, 0.1) is 26.0 Å². The van der Waals surface area contributed by atoms with Gasteiger partial charge in [0.15, 0.2) is 22.6 Å². The summed E-state index contributed by atoms with van der Waals surface area (Å²) >= 11 is 12.6. The number of hydrogen-bond acceptors (Lipinski definition) is 8. The molecule has 1 unspecified atom stereocenters. The Kier molecular flexibility index (Phi) is 7.44. The van der Waals surface area contributed by atoms with Crippen LogP contribution in [0.1, 0.15) is 55.1 Å². The number of methoxy groups -OCH3 is 1. The van der Waals surface area contributed by atoms with Crippen molar-refractivity contribution in [1.82, 2.24) is 24.8 Å². The van der Waals surface area contributed by atoms with Crippen molar-refractivity contribution >= 4 is 40.9 Å². The van der Waals surface area contributed by atoms with Gasteiger partial charge in [-0.3, -0.25) is 15.1 Å². The zero-order valence-electron chi connectivity index (χ0n) is 21.3. The SMILES string of the molecule is COc1cnc(C(=O)Cc2ccc(F)c(C3(C)Cn4c(nc(Cl)c4Cl)C(NC(=O)OC(C)(C)C)=N3)c2)cn1. The quantitative estimate of drug-likeness (QED) is 0.445. The minimum Gasteiger partial charge on any atom is -0.480 e. The number of nitrogens with one attached hydrogen (secondary N) is 1. The Morgan fingerprint density at radius 3 is 2.58 bits per heavy atom. The summed E-state index contributed by atoms with van der Waals surface area (Å²) < 4.78 is 27.1. The molecule has 13 heteroatoms. The first kappa shape index (κ1) is 27.5. The lowest BCUT2D eigenvalue weighted by atomic mass is 9.88. The van der Waals surface area contributed by atoms with Crippen molar-refractivity contribution in [3.05, 3.63) is 69.4 Å². The summed E-state index contributed by atoms with van der Waals surface area (Å²) in [6.07, 6.45) is 1.83. The molecule has 1 amide bonds. The fourth-order valence-corrected chi connectivity index (χ4v) is 4.30. The molecular formula is C25H25Cl2FN6O4. The minimum atomic E-state index is -1.26. The number of fused-ring (bicyclic) bond motifs is 1. The zero-order chi connectivity index (χ0) is 27.8. The van der Waals surface area contributed by atoms with Crippen LogP contribution in [0.4, 0.5) is 9.18 Å². The van der Waals surface area contributed by atoms with E-state index in [9.17, 15) is 9.59 Å². The van der Waals surface area contributed by atoms with E-state index < -0.39 is 23.1 Å². The van der Waals surface area contributed by atoms with E-state index in [1.807, 2.05) is 0 Å². The average molecular weight is 563 g/mol. The average Bonchev–Trinajstić information content (AvgIpc) is 3.12. The molecule has 0 bridgehead atoms. The fraction of sp³-hybridized carbons (Fsp3) is 0.360. The van der Waals surface area contributed by atoms with Gasteiger partial charge in [0, 0.05) is 12.0 Å². The molecule has 1 aliphatic heterocycles. The molecule has 0 fully saturated rings. The van der Waals surface area contributed by atoms with Gasteiger partial charge in [-0.05, 0) is 45.4 Å². The van der Waals surface area contributed by atoms with Crippen LogP contribution < -0.4 is 10.1 Å². The zero-order valence-corrected chi connectivity index (χ0v) is 22.8. The van der Waals surface area contributed by atoms with Crippen molar-refractivity contribution in [1.29, 1.82) is 0 Å². The summed E-state index contributed by atoms with van der Waals surface area (Å²) in [4.78, 5) is 42.3. The monoisotopic (exact) mass is 562 g/mol. The number of imidazole rings is 1. The molecule has 1 atom stereocenters. The van der Waals surface area contributed by atoms with E-state index in [0.717, 1.165) is 0 Å². The number of aliphatic imine (C=N–C) groups is 1. The molecule has 0 radical (unpaired) electrons. The Bertz CT molecular complexity index is 1430. The number of ether oxygens (including phenoxy) is 2. The van der Waals surface area contributed by atoms with E-state index in [2.05, 4.69) is 25.3 Å². The van der Waals surface area contributed by atoms with Gasteiger partial charge in [0.2, 0.25) is 5.88 Å². The molecule has 0 saturated carbocycles. The number of ketones is 1. The number of hydrogen-bond donors (Lipinski definition) is 1. The first-order chi connectivity index (χ1) is 17.8. The number of benzene rings is 1. The third kappa shape index (κ3) is 5.78. The van der Waals surface area contributed by atoms with Crippen molar-refractivity contribution in [2.75, 3.05) is 7.11 Å². The van der Waals surface area contributed by atoms with Crippen LogP contribution in [0.3, 0.4) is 0 Å². The molecule has 3 heterocycles. The lowest BCUT2D eigenvalue weighted by molar-refractivity contribution is 0.0562. The Morgan fingerprint density at radius 1 is 1.21 bits per heavy atom. The molecule has 0 saturated heterocycles. The van der Waals surface area contributed by atoms with Crippen LogP contribution in [-0.2, 0) is 23.2 Å². The summed E-state index contributed by atoms with van der Waals surface area (Å²) in [5.41, 5.74) is -1.17. The van der Waals surface area contributed by atoms with Crippen LogP contribution >= 0.6 is 23.2 Å². The highest BCUT2D eigenvalue weighted by molar-refractivity contribution is 6.41. The Morgan fingerprint density at radius 2 is 1.95 bits per heavy atom. The first-order valence-electron chi connectivity index (χ1n) is 11.5. The number of nitrogens with zero attached hydrogens (tertiary/aromatic N) is 5. The second-order valence-electron chi connectivity index (χ2n) is 9.82. The van der Waals surface area contributed by atoms with Gasteiger partial charge in [-0.1, -0.05) is 29.3 Å². The van der Waals surface area contributed by atoms with E-state index in [1.54, 1.807) is 33.8 Å². The Balaban J connectivity index is 1.69. The van der Waals surface area contributed by atoms with E-state index in [0.29, 0.717) is 5.56 Å². The molecule has 2 aromatic heterocycles. The molecule has 0 aliphatic carbocycles. The molecular weight excluding hydrogens is 538 g/mol. The van der Waals surface area contributed by atoms with Gasteiger partial charge in [0.1, 0.15) is 27.8 Å². The Labute approximate surface area is 228 Å². The molecule has 10 nitrogen and oxygen atoms in total. The minimum absolute atomic E-state index is 0.00465. The highest BCUT2D eigenvalue weighted by Gasteiger charge is 2.38. The van der Waals surface area contributed by atoms with E-state index in [1.165, 1.54) is 36.2 Å². The molecule has 200 valence electrons. The molecule has 4 rings (SSSR count). The molecule has 1 N–H and O–H groups in total. The number of amidine groups is 1. The number of halogens is 3. The van der Waals surface area contributed by atoms with Crippen LogP contribution in [0.25, 0.3) is 0 Å². The fourth-order valence-electron chi connectivity index (χ4n) is 3.94. The topological polar surface area (TPSA) is 121 Å². The molecule has 0 spiro atoms. The summed E-state index contributed by atoms with van der Waals surface area (Å²) in [5, 5.41) is 2.69. The van der Waals surface area contributed by atoms with Crippen LogP contribution in [0, 0.1) is 5.82 Å². The van der Waals surface area contributed by atoms with Crippen LogP contribution in [0.15, 0.2) is 35.6 Å². The smallest absolute Gasteiger partial charge is 0.413 e. The highest BCUT2D eigenvalue weighted by Crippen LogP contribution is 2.37. The number of amides is 1. The van der Waals surface area contributed by atoms with Gasteiger partial charge < -0.3 is 14.0 Å². The number of rotatable bonds is 5. The maximum absolute atomic E-state index is 15.3. The van der Waals surface area contributed by atoms with Gasteiger partial charge in [0.25, 0.3) is 0 Å². The summed E-state index contributed by atoms with van der Waals surface area (Å²) in [7, 11) is 1.45. The number of aromatic nitrogens is 4. The summed E-state index contributed by atoms with van der Waals surface area (Å²) in [5.74, 6) is -0.375. The van der Waals surface area contributed by atoms with Crippen LogP contribution in [0.2, 0.25) is 10.3 Å². The van der Waals surface area contributed by atoms with Crippen molar-refractivity contribution in [2.24, 2.45) is 4.99 Å². The van der Waals surface area contributed by atoms with E-state index >= 15 is 4.39 Å². The first-order valence-corrected chi connectivity index (χ1v) is 12.2. The van der Waals surface area contributed by atoms with Crippen molar-refractivity contribution in [2.45, 2.75) is 51.8 Å². The standard InChI is InChI=1S/C25H25Cl2FN6O4/c1-24(2,3)38-23(36)32-21-22-31-19(26)20(27)34(22)12-25(4,33-21)14-8-13(6-7-15(14)28)9-17(35)16-10-30-18(37-5)11-29-16/h6-8,10-11H,9,12H2,1-5H3,(H,32,33,36). The largest absolute Gasteiger partial charge is 0.480 e. The molecule has 1 aromatic carbocycles. The van der Waals surface area contributed by atoms with Crippen LogP contribution in [0.5, 0.6) is 5.88 Å². The Hall–Kier alpha value is -3.57. The van der Waals surface area contributed by atoms with Crippen molar-refractivity contribution in [3.63, 3.8) is 0 Å². The highest BCUT2D eigenvalue weighted by atomic mass is 35.5. The van der Waals surface area contributed by atoms with Gasteiger partial charge >= 0.3 is 6.09 Å². The predicted molar refractivity (Wildman–Crippen MR) is 139 cm³/mol.